The maximum atomic E-state index is 10.3. The number of esters is 1. The molecule has 50 valence electrons. The van der Waals surface area contributed by atoms with E-state index in [4.69, 9.17) is 5.41 Å². The number of nitrogens with zero attached hydrogens (tertiary/aromatic N) is 1. The zero-order valence-corrected chi connectivity index (χ0v) is 5.34. The van der Waals surface area contributed by atoms with Gasteiger partial charge in [0.15, 0.2) is 0 Å². The lowest BCUT2D eigenvalue weighted by molar-refractivity contribution is -0.132. The van der Waals surface area contributed by atoms with Crippen molar-refractivity contribution < 1.29 is 9.53 Å². The Morgan fingerprint density at radius 2 is 2.33 bits per heavy atom. The second kappa shape index (κ2) is 3.77. The van der Waals surface area contributed by atoms with Gasteiger partial charge >= 0.3 is 5.97 Å². The third kappa shape index (κ3) is 2.58. The molecule has 0 aromatic carbocycles. The minimum absolute atomic E-state index is 0.375. The van der Waals surface area contributed by atoms with Crippen molar-refractivity contribution in [1.29, 1.82) is 5.41 Å². The Morgan fingerprint density at radius 1 is 1.78 bits per heavy atom. The molecular formula is C5H8N2O2. The summed E-state index contributed by atoms with van der Waals surface area (Å²) >= 11 is 0. The van der Waals surface area contributed by atoms with Gasteiger partial charge in [-0.3, -0.25) is 5.41 Å². The Bertz CT molecular complexity index is 151. The summed E-state index contributed by atoms with van der Waals surface area (Å²) in [4.78, 5) is 13.7. The number of rotatable bonds is 0. The largest absolute Gasteiger partial charge is 0.463 e. The maximum absolute atomic E-state index is 10.3. The smallest absolute Gasteiger partial charge is 0.375 e. The summed E-state index contributed by atoms with van der Waals surface area (Å²) in [5, 5.41) is 6.82. The number of nitrogens with one attached hydrogen (secondary N) is 1. The quantitative estimate of drug-likeness (QED) is 0.288. The number of ether oxygens (including phenoxy) is 1. The minimum atomic E-state index is -0.715. The van der Waals surface area contributed by atoms with Gasteiger partial charge in [0.2, 0.25) is 5.84 Å². The van der Waals surface area contributed by atoms with Crippen LogP contribution in [0, 0.1) is 5.41 Å². The van der Waals surface area contributed by atoms with Gasteiger partial charge in [-0.05, 0) is 6.92 Å². The standard InChI is InChI=1S/C5H8N2O2/c1-3-7-4(6)5(8)9-2/h3,6H,1-2H3/b6-4?,7-3-. The van der Waals surface area contributed by atoms with Crippen molar-refractivity contribution in [3.63, 3.8) is 0 Å². The van der Waals surface area contributed by atoms with E-state index in [0.717, 1.165) is 0 Å². The summed E-state index contributed by atoms with van der Waals surface area (Å²) in [7, 11) is 1.21. The molecule has 0 heterocycles. The van der Waals surface area contributed by atoms with Gasteiger partial charge in [0.25, 0.3) is 0 Å². The van der Waals surface area contributed by atoms with Gasteiger partial charge in [-0.1, -0.05) is 0 Å². The monoisotopic (exact) mass is 128 g/mol. The van der Waals surface area contributed by atoms with Crippen LogP contribution >= 0.6 is 0 Å². The number of aliphatic imine (C=N–C) groups is 1. The van der Waals surface area contributed by atoms with E-state index in [1.54, 1.807) is 6.92 Å². The van der Waals surface area contributed by atoms with Crippen molar-refractivity contribution in [2.75, 3.05) is 7.11 Å². The average Bonchev–Trinajstić information content (AvgIpc) is 1.87. The van der Waals surface area contributed by atoms with Crippen molar-refractivity contribution >= 4 is 18.0 Å². The van der Waals surface area contributed by atoms with Crippen molar-refractivity contribution in [3.8, 4) is 0 Å². The predicted octanol–water partition coefficient (Wildman–Crippen LogP) is 0.227. The fraction of sp³-hybridized carbons (Fsp3) is 0.400. The first-order chi connectivity index (χ1) is 4.22. The SMILES string of the molecule is C/C=N\C(=N)C(=O)OC. The summed E-state index contributed by atoms with van der Waals surface area (Å²) < 4.78 is 4.19. The number of methoxy groups -OCH3 is 1. The molecule has 0 radical (unpaired) electrons. The molecule has 0 aliphatic heterocycles. The number of hydrogen-bond donors (Lipinski definition) is 1. The van der Waals surface area contributed by atoms with E-state index in [1.165, 1.54) is 13.3 Å². The number of amidine groups is 1. The van der Waals surface area contributed by atoms with E-state index in [2.05, 4.69) is 9.73 Å². The van der Waals surface area contributed by atoms with Crippen LogP contribution in [0.2, 0.25) is 0 Å². The lowest BCUT2D eigenvalue weighted by Gasteiger charge is -1.91. The molecule has 0 fully saturated rings. The molecule has 0 bridgehead atoms. The van der Waals surface area contributed by atoms with Crippen molar-refractivity contribution in [2.45, 2.75) is 6.92 Å². The van der Waals surface area contributed by atoms with Crippen LogP contribution in [0.4, 0.5) is 0 Å². The minimum Gasteiger partial charge on any atom is -0.463 e. The van der Waals surface area contributed by atoms with Crippen LogP contribution in [0.25, 0.3) is 0 Å². The van der Waals surface area contributed by atoms with Crippen LogP contribution in [0.1, 0.15) is 6.92 Å². The molecule has 0 amide bonds. The Balaban J connectivity index is 3.89. The molecule has 0 aromatic heterocycles. The van der Waals surface area contributed by atoms with E-state index in [1.807, 2.05) is 0 Å². The molecule has 0 aliphatic rings. The highest BCUT2D eigenvalue weighted by Gasteiger charge is 2.04. The lowest BCUT2D eigenvalue weighted by Crippen LogP contribution is -2.11. The highest BCUT2D eigenvalue weighted by molar-refractivity contribution is 6.35. The van der Waals surface area contributed by atoms with Gasteiger partial charge in [0.1, 0.15) is 0 Å². The molecule has 0 unspecified atom stereocenters. The molecule has 9 heavy (non-hydrogen) atoms. The molecule has 0 aliphatic carbocycles. The fourth-order valence-electron chi connectivity index (χ4n) is 0.278. The van der Waals surface area contributed by atoms with Gasteiger partial charge in [0, 0.05) is 6.21 Å². The third-order valence-electron chi connectivity index (χ3n) is 0.637. The zero-order valence-electron chi connectivity index (χ0n) is 5.34. The Kier molecular flexibility index (Phi) is 3.27. The molecule has 0 saturated carbocycles. The molecule has 0 spiro atoms. The van der Waals surface area contributed by atoms with Gasteiger partial charge < -0.3 is 4.74 Å². The van der Waals surface area contributed by atoms with Crippen LogP contribution in [-0.2, 0) is 9.53 Å². The van der Waals surface area contributed by atoms with E-state index >= 15 is 0 Å². The van der Waals surface area contributed by atoms with Crippen molar-refractivity contribution in [3.05, 3.63) is 0 Å². The maximum Gasteiger partial charge on any atom is 0.375 e. The second-order valence-corrected chi connectivity index (χ2v) is 1.23. The van der Waals surface area contributed by atoms with E-state index < -0.39 is 5.97 Å². The van der Waals surface area contributed by atoms with Gasteiger partial charge in [-0.25, -0.2) is 9.79 Å². The Labute approximate surface area is 53.1 Å². The summed E-state index contributed by atoms with van der Waals surface area (Å²) in [6.45, 7) is 1.62. The van der Waals surface area contributed by atoms with Gasteiger partial charge in [-0.15, -0.1) is 0 Å². The molecule has 4 heteroatoms. The molecule has 1 N–H and O–H groups in total. The van der Waals surface area contributed by atoms with Crippen LogP contribution in [0.15, 0.2) is 4.99 Å². The van der Waals surface area contributed by atoms with Crippen molar-refractivity contribution in [2.24, 2.45) is 4.99 Å². The first-order valence-corrected chi connectivity index (χ1v) is 2.38. The predicted molar refractivity (Wildman–Crippen MR) is 33.9 cm³/mol. The van der Waals surface area contributed by atoms with Gasteiger partial charge in [0.05, 0.1) is 7.11 Å². The third-order valence-corrected chi connectivity index (χ3v) is 0.637. The highest BCUT2D eigenvalue weighted by Crippen LogP contribution is 1.78. The molecule has 0 saturated heterocycles. The van der Waals surface area contributed by atoms with Gasteiger partial charge in [-0.2, -0.15) is 0 Å². The van der Waals surface area contributed by atoms with Crippen LogP contribution in [-0.4, -0.2) is 25.1 Å². The summed E-state index contributed by atoms with van der Waals surface area (Å²) in [5.41, 5.74) is 0. The second-order valence-electron chi connectivity index (χ2n) is 1.23. The summed E-state index contributed by atoms with van der Waals surface area (Å²) in [5.74, 6) is -1.09. The Morgan fingerprint density at radius 3 is 2.67 bits per heavy atom. The normalized spacial score (nSPS) is 9.56. The highest BCUT2D eigenvalue weighted by atomic mass is 16.5. The number of carbonyl (C=O) groups is 1. The van der Waals surface area contributed by atoms with Crippen molar-refractivity contribution in [1.82, 2.24) is 0 Å². The zero-order chi connectivity index (χ0) is 7.28. The molecular weight excluding hydrogens is 120 g/mol. The van der Waals surface area contributed by atoms with Crippen LogP contribution in [0.3, 0.4) is 0 Å². The first-order valence-electron chi connectivity index (χ1n) is 2.38. The van der Waals surface area contributed by atoms with Crippen LogP contribution < -0.4 is 0 Å². The van der Waals surface area contributed by atoms with E-state index in [-0.39, 0.29) is 5.84 Å². The lowest BCUT2D eigenvalue weighted by atomic mass is 10.6. The average molecular weight is 128 g/mol. The molecule has 0 rings (SSSR count). The summed E-state index contributed by atoms with van der Waals surface area (Å²) in [6, 6.07) is 0. The van der Waals surface area contributed by atoms with E-state index in [0.29, 0.717) is 0 Å². The Hall–Kier alpha value is -1.19. The number of carbonyl (C=O) groups excluding carboxylic acids is 1. The molecule has 0 aromatic rings. The fourth-order valence-corrected chi connectivity index (χ4v) is 0.278. The topological polar surface area (TPSA) is 62.5 Å². The molecule has 0 atom stereocenters. The number of hydrogen-bond acceptors (Lipinski definition) is 3. The summed E-state index contributed by atoms with van der Waals surface area (Å²) in [6.07, 6.45) is 1.36. The first kappa shape index (κ1) is 7.81. The molecule has 4 nitrogen and oxygen atoms in total. The van der Waals surface area contributed by atoms with E-state index in [9.17, 15) is 4.79 Å². The van der Waals surface area contributed by atoms with Crippen LogP contribution in [0.5, 0.6) is 0 Å².